The molecular weight excluding hydrogens is 196 g/mol. The molecule has 1 aliphatic carbocycles. The van der Waals surface area contributed by atoms with Crippen molar-refractivity contribution in [1.82, 2.24) is 4.57 Å². The summed E-state index contributed by atoms with van der Waals surface area (Å²) in [6, 6.07) is 10.3. The van der Waals surface area contributed by atoms with Gasteiger partial charge in [0.05, 0.1) is 11.6 Å². The first-order valence-electron chi connectivity index (χ1n) is 5.86. The lowest BCUT2D eigenvalue weighted by atomic mass is 10.1. The highest BCUT2D eigenvalue weighted by Crippen LogP contribution is 2.33. The van der Waals surface area contributed by atoms with E-state index >= 15 is 0 Å². The van der Waals surface area contributed by atoms with E-state index < -0.39 is 0 Å². The van der Waals surface area contributed by atoms with Crippen LogP contribution in [0.3, 0.4) is 0 Å². The monoisotopic (exact) mass is 210 g/mol. The zero-order valence-corrected chi connectivity index (χ0v) is 9.19. The van der Waals surface area contributed by atoms with Gasteiger partial charge in [0.2, 0.25) is 0 Å². The van der Waals surface area contributed by atoms with Gasteiger partial charge in [-0.3, -0.25) is 0 Å². The molecule has 16 heavy (non-hydrogen) atoms. The number of fused-ring (bicyclic) bond motifs is 1. The van der Waals surface area contributed by atoms with Crippen molar-refractivity contribution in [2.24, 2.45) is 5.92 Å². The maximum Gasteiger partial charge on any atom is 0.0998 e. The summed E-state index contributed by atoms with van der Waals surface area (Å²) in [5.74, 6) is 0.955. The lowest BCUT2D eigenvalue weighted by molar-refractivity contribution is 0.611. The van der Waals surface area contributed by atoms with E-state index in [1.807, 2.05) is 12.1 Å². The van der Waals surface area contributed by atoms with E-state index in [1.54, 1.807) is 0 Å². The third kappa shape index (κ3) is 1.59. The number of hydrogen-bond acceptors (Lipinski definition) is 1. The zero-order valence-electron chi connectivity index (χ0n) is 9.19. The van der Waals surface area contributed by atoms with Crippen LogP contribution in [0.1, 0.15) is 24.8 Å². The number of hydrogen-bond donors (Lipinski definition) is 0. The summed E-state index contributed by atoms with van der Waals surface area (Å²) < 4.78 is 2.27. The Kier molecular flexibility index (Phi) is 2.18. The lowest BCUT2D eigenvalue weighted by Crippen LogP contribution is -1.96. The van der Waals surface area contributed by atoms with Crippen molar-refractivity contribution in [3.8, 4) is 6.07 Å². The molecule has 0 N–H and O–H groups in total. The van der Waals surface area contributed by atoms with Crippen molar-refractivity contribution in [2.45, 2.75) is 25.8 Å². The SMILES string of the molecule is N#Cc1cccc2c1ccn2CCC1CC1. The summed E-state index contributed by atoms with van der Waals surface area (Å²) >= 11 is 0. The molecule has 0 saturated heterocycles. The van der Waals surface area contributed by atoms with Crippen LogP contribution < -0.4 is 0 Å². The topological polar surface area (TPSA) is 28.7 Å². The number of aromatic nitrogens is 1. The lowest BCUT2D eigenvalue weighted by Gasteiger charge is -2.04. The molecule has 2 heteroatoms. The molecule has 1 fully saturated rings. The molecule has 0 bridgehead atoms. The van der Waals surface area contributed by atoms with E-state index in [2.05, 4.69) is 29.0 Å². The summed E-state index contributed by atoms with van der Waals surface area (Å²) in [6.07, 6.45) is 6.19. The molecule has 1 heterocycles. The van der Waals surface area contributed by atoms with Crippen LogP contribution in [0.25, 0.3) is 10.9 Å². The highest BCUT2D eigenvalue weighted by Gasteiger charge is 2.20. The molecule has 0 aliphatic heterocycles. The Morgan fingerprint density at radius 1 is 1.31 bits per heavy atom. The molecule has 80 valence electrons. The maximum atomic E-state index is 9.01. The number of benzene rings is 1. The van der Waals surface area contributed by atoms with E-state index in [4.69, 9.17) is 5.26 Å². The van der Waals surface area contributed by atoms with Crippen LogP contribution in [0, 0.1) is 17.2 Å². The quantitative estimate of drug-likeness (QED) is 0.764. The van der Waals surface area contributed by atoms with E-state index in [9.17, 15) is 0 Å². The molecule has 0 spiro atoms. The Morgan fingerprint density at radius 3 is 2.94 bits per heavy atom. The van der Waals surface area contributed by atoms with Gasteiger partial charge in [0.15, 0.2) is 0 Å². The maximum absolute atomic E-state index is 9.01. The molecular formula is C14H14N2. The Morgan fingerprint density at radius 2 is 2.19 bits per heavy atom. The average molecular weight is 210 g/mol. The Hall–Kier alpha value is -1.75. The van der Waals surface area contributed by atoms with E-state index in [0.717, 1.165) is 23.4 Å². The Labute approximate surface area is 95.1 Å². The minimum atomic E-state index is 0.780. The molecule has 1 saturated carbocycles. The highest BCUT2D eigenvalue weighted by molar-refractivity contribution is 5.85. The van der Waals surface area contributed by atoms with Gasteiger partial charge < -0.3 is 4.57 Å². The van der Waals surface area contributed by atoms with Gasteiger partial charge in [0.25, 0.3) is 0 Å². The number of aryl methyl sites for hydroxylation is 1. The minimum absolute atomic E-state index is 0.780. The Balaban J connectivity index is 1.96. The predicted octanol–water partition coefficient (Wildman–Crippen LogP) is 3.31. The van der Waals surface area contributed by atoms with Crippen molar-refractivity contribution < 1.29 is 0 Å². The fourth-order valence-electron chi connectivity index (χ4n) is 2.24. The molecule has 2 nitrogen and oxygen atoms in total. The van der Waals surface area contributed by atoms with Crippen LogP contribution in [0.5, 0.6) is 0 Å². The summed E-state index contributed by atoms with van der Waals surface area (Å²) in [5.41, 5.74) is 1.97. The third-order valence-electron chi connectivity index (χ3n) is 3.41. The van der Waals surface area contributed by atoms with Gasteiger partial charge in [0.1, 0.15) is 0 Å². The molecule has 1 aromatic carbocycles. The average Bonchev–Trinajstić information content (AvgIpc) is 3.06. The largest absolute Gasteiger partial charge is 0.347 e. The molecule has 3 rings (SSSR count). The fourth-order valence-corrected chi connectivity index (χ4v) is 2.24. The first-order chi connectivity index (χ1) is 7.88. The summed E-state index contributed by atoms with van der Waals surface area (Å²) in [4.78, 5) is 0. The van der Waals surface area contributed by atoms with Crippen molar-refractivity contribution in [3.63, 3.8) is 0 Å². The number of nitrogens with zero attached hydrogens (tertiary/aromatic N) is 2. The highest BCUT2D eigenvalue weighted by atomic mass is 14.9. The standard InChI is InChI=1S/C14H14N2/c15-10-12-2-1-3-14-13(12)7-9-16(14)8-6-11-4-5-11/h1-3,7,9,11H,4-6,8H2. The van der Waals surface area contributed by atoms with E-state index in [-0.39, 0.29) is 0 Å². The summed E-state index contributed by atoms with van der Waals surface area (Å²) in [7, 11) is 0. The van der Waals surface area contributed by atoms with Gasteiger partial charge >= 0.3 is 0 Å². The number of rotatable bonds is 3. The van der Waals surface area contributed by atoms with Crippen LogP contribution >= 0.6 is 0 Å². The third-order valence-corrected chi connectivity index (χ3v) is 3.41. The number of nitriles is 1. The van der Waals surface area contributed by atoms with Crippen LogP contribution in [-0.4, -0.2) is 4.57 Å². The van der Waals surface area contributed by atoms with Gasteiger partial charge in [-0.15, -0.1) is 0 Å². The second kappa shape index (κ2) is 3.68. The van der Waals surface area contributed by atoms with Gasteiger partial charge in [-0.2, -0.15) is 5.26 Å². The first-order valence-corrected chi connectivity index (χ1v) is 5.86. The second-order valence-electron chi connectivity index (χ2n) is 4.59. The van der Waals surface area contributed by atoms with E-state index in [1.165, 1.54) is 24.8 Å². The van der Waals surface area contributed by atoms with Gasteiger partial charge in [0, 0.05) is 23.6 Å². The summed E-state index contributed by atoms with van der Waals surface area (Å²) in [5, 5.41) is 10.1. The van der Waals surface area contributed by atoms with Crippen LogP contribution in [0.4, 0.5) is 0 Å². The molecule has 0 radical (unpaired) electrons. The van der Waals surface area contributed by atoms with Crippen molar-refractivity contribution in [3.05, 3.63) is 36.0 Å². The van der Waals surface area contributed by atoms with Crippen molar-refractivity contribution >= 4 is 10.9 Å². The Bertz CT molecular complexity index is 556. The first kappa shape index (κ1) is 9.47. The molecule has 1 aliphatic rings. The second-order valence-corrected chi connectivity index (χ2v) is 4.59. The van der Waals surface area contributed by atoms with Crippen LogP contribution in [0.15, 0.2) is 30.5 Å². The van der Waals surface area contributed by atoms with Crippen molar-refractivity contribution in [2.75, 3.05) is 0 Å². The van der Waals surface area contributed by atoms with Gasteiger partial charge in [-0.05, 0) is 30.5 Å². The van der Waals surface area contributed by atoms with Gasteiger partial charge in [-0.25, -0.2) is 0 Å². The normalized spacial score (nSPS) is 15.2. The van der Waals surface area contributed by atoms with Crippen LogP contribution in [-0.2, 0) is 6.54 Å². The molecule has 1 aromatic heterocycles. The zero-order chi connectivity index (χ0) is 11.0. The summed E-state index contributed by atoms with van der Waals surface area (Å²) in [6.45, 7) is 1.09. The molecule has 0 atom stereocenters. The molecule has 0 amide bonds. The van der Waals surface area contributed by atoms with Crippen LogP contribution in [0.2, 0.25) is 0 Å². The molecule has 0 unspecified atom stereocenters. The van der Waals surface area contributed by atoms with E-state index in [0.29, 0.717) is 0 Å². The van der Waals surface area contributed by atoms with Crippen molar-refractivity contribution in [1.29, 1.82) is 5.26 Å². The predicted molar refractivity (Wildman–Crippen MR) is 64.0 cm³/mol. The fraction of sp³-hybridized carbons (Fsp3) is 0.357. The van der Waals surface area contributed by atoms with Gasteiger partial charge in [-0.1, -0.05) is 18.9 Å². The smallest absolute Gasteiger partial charge is 0.0998 e. The minimum Gasteiger partial charge on any atom is -0.347 e. The molecule has 2 aromatic rings.